The molecule has 0 aromatic heterocycles. The Hall–Kier alpha value is -0.350. The Labute approximate surface area is 64.4 Å². The first kappa shape index (κ1) is 8.65. The van der Waals surface area contributed by atoms with Crippen LogP contribution in [0, 0.1) is 0 Å². The monoisotopic (exact) mass is 212 g/mol. The van der Waals surface area contributed by atoms with Crippen LogP contribution in [0.2, 0.25) is 0 Å². The molecule has 0 unspecified atom stereocenters. The molecule has 0 heterocycles. The Kier molecular flexibility index (Phi) is 3.49. The van der Waals surface area contributed by atoms with Gasteiger partial charge in [0.1, 0.15) is 5.03 Å². The summed E-state index contributed by atoms with van der Waals surface area (Å²) in [6.07, 6.45) is 0.316. The molecule has 0 amide bonds. The lowest BCUT2D eigenvalue weighted by molar-refractivity contribution is -0.132. The van der Waals surface area contributed by atoms with Crippen molar-refractivity contribution < 1.29 is 14.7 Å². The van der Waals surface area contributed by atoms with Gasteiger partial charge >= 0.3 is 5.97 Å². The molecule has 0 fully saturated rings. The Bertz CT molecular complexity index is 175. The van der Waals surface area contributed by atoms with E-state index in [1.807, 2.05) is 0 Å². The highest BCUT2D eigenvalue weighted by Gasteiger charge is 2.07. The van der Waals surface area contributed by atoms with Gasteiger partial charge in [0, 0.05) is 0 Å². The van der Waals surface area contributed by atoms with Crippen LogP contribution < -0.4 is 0 Å². The normalized spacial score (nSPS) is 12.2. The van der Waals surface area contributed by atoms with Gasteiger partial charge in [-0.15, -0.1) is 0 Å². The second-order valence-electron chi connectivity index (χ2n) is 1.08. The molecule has 0 aliphatic carbocycles. The highest BCUT2D eigenvalue weighted by molar-refractivity contribution is 9.12. The van der Waals surface area contributed by atoms with Crippen molar-refractivity contribution >= 4 is 39.8 Å². The summed E-state index contributed by atoms with van der Waals surface area (Å²) in [5.41, 5.74) is 0. The van der Waals surface area contributed by atoms with Crippen LogP contribution in [0.3, 0.4) is 0 Å². The van der Waals surface area contributed by atoms with Crippen molar-refractivity contribution in [2.75, 3.05) is 0 Å². The van der Waals surface area contributed by atoms with Crippen LogP contribution in [0.1, 0.15) is 0 Å². The van der Waals surface area contributed by atoms with Gasteiger partial charge in [-0.25, -0.2) is 4.79 Å². The quantitative estimate of drug-likeness (QED) is 0.552. The third kappa shape index (κ3) is 2.62. The third-order valence-corrected chi connectivity index (χ3v) is 1.68. The van der Waals surface area contributed by atoms with E-state index in [2.05, 4.69) is 15.9 Å². The molecule has 9 heavy (non-hydrogen) atoms. The molecule has 0 bridgehead atoms. The van der Waals surface area contributed by atoms with Gasteiger partial charge in [0.2, 0.25) is 0 Å². The number of aldehydes is 1. The number of aliphatic carboxylic acids is 1. The van der Waals surface area contributed by atoms with Crippen LogP contribution >= 0.6 is 27.5 Å². The molecule has 0 rings (SSSR count). The van der Waals surface area contributed by atoms with Gasteiger partial charge in [-0.05, 0) is 15.9 Å². The number of halogens is 2. The van der Waals surface area contributed by atoms with E-state index in [4.69, 9.17) is 16.7 Å². The predicted octanol–water partition coefficient (Wildman–Crippen LogP) is 1.12. The van der Waals surface area contributed by atoms with Crippen molar-refractivity contribution in [3.8, 4) is 0 Å². The number of hydrogen-bond acceptors (Lipinski definition) is 2. The average Bonchev–Trinajstić information content (AvgIpc) is 1.84. The molecular formula is C4H2BrClO3. The van der Waals surface area contributed by atoms with E-state index >= 15 is 0 Å². The Morgan fingerprint density at radius 3 is 2.22 bits per heavy atom. The number of allylic oxidation sites excluding steroid dienone is 1. The maximum absolute atomic E-state index is 9.92. The van der Waals surface area contributed by atoms with Crippen molar-refractivity contribution in [3.63, 3.8) is 0 Å². The number of carboxylic acid groups (broad SMARTS) is 1. The highest BCUT2D eigenvalue weighted by atomic mass is 79.9. The van der Waals surface area contributed by atoms with E-state index in [9.17, 15) is 9.59 Å². The fraction of sp³-hybridized carbons (Fsp3) is 0. The maximum atomic E-state index is 9.92. The summed E-state index contributed by atoms with van der Waals surface area (Å²) in [6.45, 7) is 0. The van der Waals surface area contributed by atoms with Gasteiger partial charge in [-0.1, -0.05) is 11.6 Å². The number of carboxylic acids is 1. The van der Waals surface area contributed by atoms with E-state index in [0.29, 0.717) is 6.29 Å². The third-order valence-electron chi connectivity index (χ3n) is 0.501. The van der Waals surface area contributed by atoms with Crippen molar-refractivity contribution in [2.24, 2.45) is 0 Å². The SMILES string of the molecule is O=C/C(Br)=C(/Cl)C(=O)O. The Morgan fingerprint density at radius 1 is 1.67 bits per heavy atom. The summed E-state index contributed by atoms with van der Waals surface area (Å²) in [4.78, 5) is 19.7. The molecule has 0 aliphatic heterocycles. The van der Waals surface area contributed by atoms with Crippen LogP contribution in [0.5, 0.6) is 0 Å². The second-order valence-corrected chi connectivity index (χ2v) is 2.32. The van der Waals surface area contributed by atoms with Gasteiger partial charge in [0.05, 0.1) is 4.48 Å². The predicted molar refractivity (Wildman–Crippen MR) is 35.5 cm³/mol. The molecule has 0 aliphatic rings. The van der Waals surface area contributed by atoms with Gasteiger partial charge in [0.25, 0.3) is 0 Å². The summed E-state index contributed by atoms with van der Waals surface area (Å²) in [6, 6.07) is 0. The van der Waals surface area contributed by atoms with Gasteiger partial charge < -0.3 is 5.11 Å². The highest BCUT2D eigenvalue weighted by Crippen LogP contribution is 2.12. The van der Waals surface area contributed by atoms with Gasteiger partial charge in [0.15, 0.2) is 6.29 Å². The zero-order chi connectivity index (χ0) is 7.44. The zero-order valence-corrected chi connectivity index (χ0v) is 6.44. The number of carbonyl (C=O) groups is 2. The average molecular weight is 213 g/mol. The maximum Gasteiger partial charge on any atom is 0.348 e. The number of rotatable bonds is 2. The summed E-state index contributed by atoms with van der Waals surface area (Å²) in [5, 5.41) is 7.60. The van der Waals surface area contributed by atoms with Crippen molar-refractivity contribution in [1.82, 2.24) is 0 Å². The number of hydrogen-bond donors (Lipinski definition) is 1. The first-order chi connectivity index (χ1) is 4.09. The fourth-order valence-electron chi connectivity index (χ4n) is 0.154. The van der Waals surface area contributed by atoms with Gasteiger partial charge in [-0.2, -0.15) is 0 Å². The fourth-order valence-corrected chi connectivity index (χ4v) is 0.368. The molecule has 0 atom stereocenters. The van der Waals surface area contributed by atoms with E-state index in [1.54, 1.807) is 0 Å². The molecule has 0 aromatic carbocycles. The molecular weight excluding hydrogens is 211 g/mol. The van der Waals surface area contributed by atoms with E-state index < -0.39 is 11.0 Å². The molecule has 3 nitrogen and oxygen atoms in total. The summed E-state index contributed by atoms with van der Waals surface area (Å²) < 4.78 is -0.156. The minimum atomic E-state index is -1.32. The van der Waals surface area contributed by atoms with Gasteiger partial charge in [-0.3, -0.25) is 4.79 Å². The van der Waals surface area contributed by atoms with Crippen LogP contribution in [0.25, 0.3) is 0 Å². The number of carbonyl (C=O) groups excluding carboxylic acids is 1. The molecule has 0 saturated carbocycles. The lowest BCUT2D eigenvalue weighted by Gasteiger charge is -1.87. The lowest BCUT2D eigenvalue weighted by atomic mass is 10.5. The minimum absolute atomic E-state index is 0.156. The summed E-state index contributed by atoms with van der Waals surface area (Å²) in [5.74, 6) is -1.32. The van der Waals surface area contributed by atoms with Crippen LogP contribution in [-0.4, -0.2) is 17.4 Å². The Morgan fingerprint density at radius 2 is 2.11 bits per heavy atom. The minimum Gasteiger partial charge on any atom is -0.477 e. The van der Waals surface area contributed by atoms with E-state index in [0.717, 1.165) is 0 Å². The van der Waals surface area contributed by atoms with Crippen LogP contribution in [0.15, 0.2) is 9.51 Å². The van der Waals surface area contributed by atoms with Crippen molar-refractivity contribution in [2.45, 2.75) is 0 Å². The molecule has 5 heteroatoms. The van der Waals surface area contributed by atoms with Crippen LogP contribution in [-0.2, 0) is 9.59 Å². The first-order valence-electron chi connectivity index (χ1n) is 1.83. The van der Waals surface area contributed by atoms with E-state index in [-0.39, 0.29) is 4.48 Å². The molecule has 0 radical (unpaired) electrons. The molecule has 50 valence electrons. The zero-order valence-electron chi connectivity index (χ0n) is 4.10. The molecule has 0 spiro atoms. The van der Waals surface area contributed by atoms with E-state index in [1.165, 1.54) is 0 Å². The largest absolute Gasteiger partial charge is 0.477 e. The Balaban J connectivity index is 4.47. The standard InChI is InChI=1S/C4H2BrClO3/c5-2(1-7)3(6)4(8)9/h1H,(H,8,9)/b3-2-. The second kappa shape index (κ2) is 3.63. The molecule has 0 saturated heterocycles. The van der Waals surface area contributed by atoms with Crippen molar-refractivity contribution in [1.29, 1.82) is 0 Å². The lowest BCUT2D eigenvalue weighted by Crippen LogP contribution is -1.95. The first-order valence-corrected chi connectivity index (χ1v) is 3.00. The van der Waals surface area contributed by atoms with Crippen molar-refractivity contribution in [3.05, 3.63) is 9.51 Å². The topological polar surface area (TPSA) is 54.4 Å². The summed E-state index contributed by atoms with van der Waals surface area (Å²) >= 11 is 7.71. The smallest absolute Gasteiger partial charge is 0.348 e. The molecule has 0 aromatic rings. The molecule has 1 N–H and O–H groups in total. The van der Waals surface area contributed by atoms with Crippen LogP contribution in [0.4, 0.5) is 0 Å². The summed E-state index contributed by atoms with van der Waals surface area (Å²) in [7, 11) is 0.